The molecule has 0 aromatic heterocycles. The third-order valence-electron chi connectivity index (χ3n) is 4.78. The van der Waals surface area contributed by atoms with Crippen molar-refractivity contribution in [3.63, 3.8) is 0 Å². The Morgan fingerprint density at radius 1 is 1.25 bits per heavy atom. The molecule has 0 spiro atoms. The molecule has 0 bridgehead atoms. The van der Waals surface area contributed by atoms with Crippen LogP contribution in [0.2, 0.25) is 5.02 Å². The summed E-state index contributed by atoms with van der Waals surface area (Å²) in [4.78, 5) is 22.2. The summed E-state index contributed by atoms with van der Waals surface area (Å²) in [5, 5.41) is 4.18. The van der Waals surface area contributed by atoms with E-state index in [1.165, 1.54) is 4.90 Å². The third kappa shape index (κ3) is 6.67. The van der Waals surface area contributed by atoms with E-state index in [0.717, 1.165) is 62.3 Å². The van der Waals surface area contributed by atoms with Gasteiger partial charge < -0.3 is 19.9 Å². The topological polar surface area (TPSA) is 57.2 Å². The molecule has 2 aliphatic heterocycles. The Balaban J connectivity index is 0.00000280. The minimum absolute atomic E-state index is 0. The highest BCUT2D eigenvalue weighted by Gasteiger charge is 2.30. The SMILES string of the molecule is CN=C(NCCSc1ccc(Cl)cc1)N1CCN(C(=O)C2CCCO2)CC1.I. The fourth-order valence-corrected chi connectivity index (χ4v) is 4.20. The molecule has 0 aliphatic carbocycles. The Morgan fingerprint density at radius 3 is 2.54 bits per heavy atom. The highest BCUT2D eigenvalue weighted by molar-refractivity contribution is 14.0. The van der Waals surface area contributed by atoms with Gasteiger partial charge in [0.2, 0.25) is 0 Å². The van der Waals surface area contributed by atoms with Crippen molar-refractivity contribution in [2.24, 2.45) is 4.99 Å². The first-order chi connectivity index (χ1) is 13.2. The molecular formula is C19H28ClIN4O2S. The first kappa shape index (κ1) is 23.6. The molecule has 1 N–H and O–H groups in total. The van der Waals surface area contributed by atoms with Crippen molar-refractivity contribution in [2.75, 3.05) is 52.1 Å². The van der Waals surface area contributed by atoms with Crippen LogP contribution in [0.3, 0.4) is 0 Å². The number of ether oxygens (including phenoxy) is 1. The second-order valence-corrected chi connectivity index (χ2v) is 8.20. The second kappa shape index (κ2) is 12.1. The van der Waals surface area contributed by atoms with Crippen LogP contribution in [0.5, 0.6) is 0 Å². The van der Waals surface area contributed by atoms with E-state index in [-0.39, 0.29) is 36.0 Å². The summed E-state index contributed by atoms with van der Waals surface area (Å²) in [6, 6.07) is 7.89. The third-order valence-corrected chi connectivity index (χ3v) is 6.04. The van der Waals surface area contributed by atoms with Crippen LogP contribution in [-0.2, 0) is 9.53 Å². The number of carbonyl (C=O) groups excluding carboxylic acids is 1. The minimum atomic E-state index is -0.223. The van der Waals surface area contributed by atoms with Crippen molar-refractivity contribution in [1.29, 1.82) is 0 Å². The Morgan fingerprint density at radius 2 is 1.93 bits per heavy atom. The number of halogens is 2. The lowest BCUT2D eigenvalue weighted by atomic mass is 10.2. The number of piperazine rings is 1. The summed E-state index contributed by atoms with van der Waals surface area (Å²) >= 11 is 7.70. The van der Waals surface area contributed by atoms with E-state index >= 15 is 0 Å². The lowest BCUT2D eigenvalue weighted by Gasteiger charge is -2.37. The number of nitrogens with one attached hydrogen (secondary N) is 1. The van der Waals surface area contributed by atoms with Gasteiger partial charge in [0.1, 0.15) is 6.10 Å². The maximum absolute atomic E-state index is 12.4. The second-order valence-electron chi connectivity index (χ2n) is 6.59. The van der Waals surface area contributed by atoms with Crippen molar-refractivity contribution in [2.45, 2.75) is 23.8 Å². The summed E-state index contributed by atoms with van der Waals surface area (Å²) in [6.45, 7) is 4.57. The minimum Gasteiger partial charge on any atom is -0.368 e. The van der Waals surface area contributed by atoms with E-state index in [4.69, 9.17) is 16.3 Å². The van der Waals surface area contributed by atoms with Gasteiger partial charge in [-0.1, -0.05) is 11.6 Å². The Labute approximate surface area is 193 Å². The monoisotopic (exact) mass is 538 g/mol. The van der Waals surface area contributed by atoms with Crippen molar-refractivity contribution >= 4 is 59.2 Å². The van der Waals surface area contributed by atoms with E-state index < -0.39 is 0 Å². The van der Waals surface area contributed by atoms with Gasteiger partial charge in [-0.2, -0.15) is 0 Å². The zero-order valence-corrected chi connectivity index (χ0v) is 20.0. The van der Waals surface area contributed by atoms with Crippen molar-refractivity contribution in [3.8, 4) is 0 Å². The van der Waals surface area contributed by atoms with Crippen LogP contribution in [0.4, 0.5) is 0 Å². The van der Waals surface area contributed by atoms with Gasteiger partial charge in [-0.05, 0) is 37.1 Å². The fourth-order valence-electron chi connectivity index (χ4n) is 3.31. The average Bonchev–Trinajstić information content (AvgIpc) is 3.24. The Kier molecular flexibility index (Phi) is 10.2. The maximum atomic E-state index is 12.4. The average molecular weight is 539 g/mol. The van der Waals surface area contributed by atoms with E-state index in [1.807, 2.05) is 29.2 Å². The highest BCUT2D eigenvalue weighted by atomic mass is 127. The highest BCUT2D eigenvalue weighted by Crippen LogP contribution is 2.20. The van der Waals surface area contributed by atoms with E-state index in [1.54, 1.807) is 18.8 Å². The fraction of sp³-hybridized carbons (Fsp3) is 0.579. The van der Waals surface area contributed by atoms with E-state index in [0.29, 0.717) is 6.61 Å². The molecule has 0 saturated carbocycles. The quantitative estimate of drug-likeness (QED) is 0.205. The molecule has 1 aromatic rings. The smallest absolute Gasteiger partial charge is 0.251 e. The van der Waals surface area contributed by atoms with Crippen LogP contribution in [0, 0.1) is 0 Å². The lowest BCUT2D eigenvalue weighted by Crippen LogP contribution is -2.55. The summed E-state index contributed by atoms with van der Waals surface area (Å²) in [7, 11) is 1.80. The molecular weight excluding hydrogens is 511 g/mol. The largest absolute Gasteiger partial charge is 0.368 e. The molecule has 6 nitrogen and oxygen atoms in total. The molecule has 2 aliphatic rings. The number of nitrogens with zero attached hydrogens (tertiary/aromatic N) is 3. The van der Waals surface area contributed by atoms with Gasteiger partial charge in [0.15, 0.2) is 5.96 Å². The number of rotatable bonds is 5. The molecule has 2 fully saturated rings. The zero-order valence-electron chi connectivity index (χ0n) is 16.1. The predicted molar refractivity (Wildman–Crippen MR) is 126 cm³/mol. The van der Waals surface area contributed by atoms with Gasteiger partial charge >= 0.3 is 0 Å². The first-order valence-corrected chi connectivity index (χ1v) is 10.8. The van der Waals surface area contributed by atoms with Gasteiger partial charge in [0, 0.05) is 62.0 Å². The maximum Gasteiger partial charge on any atom is 0.251 e. The van der Waals surface area contributed by atoms with Gasteiger partial charge in [0.25, 0.3) is 5.91 Å². The molecule has 156 valence electrons. The van der Waals surface area contributed by atoms with Gasteiger partial charge in [-0.3, -0.25) is 9.79 Å². The summed E-state index contributed by atoms with van der Waals surface area (Å²) in [6.07, 6.45) is 1.62. The summed E-state index contributed by atoms with van der Waals surface area (Å²) in [5.74, 6) is 1.99. The van der Waals surface area contributed by atoms with Crippen molar-refractivity contribution in [3.05, 3.63) is 29.3 Å². The molecule has 3 rings (SSSR count). The number of hydrogen-bond acceptors (Lipinski definition) is 4. The Hall–Kier alpha value is -0.710. The molecule has 9 heteroatoms. The van der Waals surface area contributed by atoms with Crippen LogP contribution >= 0.6 is 47.3 Å². The molecule has 1 unspecified atom stereocenters. The summed E-state index contributed by atoms with van der Waals surface area (Å²) in [5.41, 5.74) is 0. The van der Waals surface area contributed by atoms with E-state index in [9.17, 15) is 4.79 Å². The lowest BCUT2D eigenvalue weighted by molar-refractivity contribution is -0.142. The van der Waals surface area contributed by atoms with Crippen LogP contribution in [-0.4, -0.2) is 79.9 Å². The molecule has 28 heavy (non-hydrogen) atoms. The van der Waals surface area contributed by atoms with Crippen LogP contribution in [0.25, 0.3) is 0 Å². The number of benzene rings is 1. The van der Waals surface area contributed by atoms with Gasteiger partial charge in [0.05, 0.1) is 0 Å². The van der Waals surface area contributed by atoms with Crippen LogP contribution < -0.4 is 5.32 Å². The molecule has 1 aromatic carbocycles. The van der Waals surface area contributed by atoms with Gasteiger partial charge in [-0.25, -0.2) is 0 Å². The van der Waals surface area contributed by atoms with Crippen molar-refractivity contribution < 1.29 is 9.53 Å². The zero-order chi connectivity index (χ0) is 19.1. The molecule has 0 radical (unpaired) electrons. The number of hydrogen-bond donors (Lipinski definition) is 1. The number of amides is 1. The van der Waals surface area contributed by atoms with Crippen molar-refractivity contribution in [1.82, 2.24) is 15.1 Å². The number of guanidine groups is 1. The first-order valence-electron chi connectivity index (χ1n) is 9.42. The molecule has 2 heterocycles. The molecule has 2 saturated heterocycles. The standard InChI is InChI=1S/C19H27ClN4O2S.HI/c1-21-19(22-8-14-27-16-6-4-15(20)5-7-16)24-11-9-23(10-12-24)18(25)17-3-2-13-26-17;/h4-7,17H,2-3,8-14H2,1H3,(H,21,22);1H. The van der Waals surface area contributed by atoms with Gasteiger partial charge in [-0.15, -0.1) is 35.7 Å². The summed E-state index contributed by atoms with van der Waals surface area (Å²) < 4.78 is 5.52. The number of thioether (sulfide) groups is 1. The molecule has 1 amide bonds. The van der Waals surface area contributed by atoms with Crippen LogP contribution in [0.15, 0.2) is 34.2 Å². The Bertz CT molecular complexity index is 648. The predicted octanol–water partition coefficient (Wildman–Crippen LogP) is 2.95. The number of carbonyl (C=O) groups is 1. The molecule has 1 atom stereocenters. The van der Waals surface area contributed by atoms with E-state index in [2.05, 4.69) is 15.2 Å². The number of aliphatic imine (C=N–C) groups is 1. The normalized spacial score (nSPS) is 20.1. The van der Waals surface area contributed by atoms with Crippen LogP contribution in [0.1, 0.15) is 12.8 Å².